The van der Waals surface area contributed by atoms with E-state index in [9.17, 15) is 5.11 Å². The normalized spacial score (nSPS) is 22.4. The molecule has 0 spiro atoms. The number of nitrogens with zero attached hydrogens (tertiary/aromatic N) is 4. The van der Waals surface area contributed by atoms with E-state index in [1.165, 1.54) is 16.8 Å². The molecular weight excluding hydrogens is 442 g/mol. The van der Waals surface area contributed by atoms with Crippen molar-refractivity contribution >= 4 is 11.5 Å². The van der Waals surface area contributed by atoms with Crippen LogP contribution in [0.25, 0.3) is 16.6 Å². The number of morpholine rings is 1. The molecule has 0 amide bonds. The first kappa shape index (κ1) is 24.2. The number of aliphatic hydroxyl groups is 1. The quantitative estimate of drug-likeness (QED) is 0.510. The number of aromatic nitrogens is 3. The maximum atomic E-state index is 10.0. The fourth-order valence-corrected chi connectivity index (χ4v) is 5.29. The van der Waals surface area contributed by atoms with Crippen molar-refractivity contribution in [1.82, 2.24) is 19.5 Å². The minimum atomic E-state index is -0.183. The molecule has 0 radical (unpaired) electrons. The van der Waals surface area contributed by atoms with E-state index in [-0.39, 0.29) is 12.1 Å². The molecule has 2 aliphatic rings. The molecule has 3 heterocycles. The second kappa shape index (κ2) is 11.0. The van der Waals surface area contributed by atoms with E-state index < -0.39 is 0 Å². The molecule has 1 atom stereocenters. The van der Waals surface area contributed by atoms with E-state index in [1.807, 2.05) is 6.20 Å². The van der Waals surface area contributed by atoms with Gasteiger partial charge in [0.15, 0.2) is 0 Å². The number of benzene rings is 1. The van der Waals surface area contributed by atoms with E-state index in [4.69, 9.17) is 14.6 Å². The van der Waals surface area contributed by atoms with Crippen molar-refractivity contribution in [3.05, 3.63) is 47.8 Å². The van der Waals surface area contributed by atoms with Crippen molar-refractivity contribution in [1.29, 1.82) is 0 Å². The first-order valence-electron chi connectivity index (χ1n) is 12.8. The van der Waals surface area contributed by atoms with Gasteiger partial charge in [0.1, 0.15) is 0 Å². The van der Waals surface area contributed by atoms with E-state index in [0.717, 1.165) is 69.6 Å². The molecule has 1 aliphatic carbocycles. The fourth-order valence-electron chi connectivity index (χ4n) is 5.29. The van der Waals surface area contributed by atoms with Crippen LogP contribution >= 0.6 is 0 Å². The van der Waals surface area contributed by atoms with E-state index >= 15 is 0 Å². The third kappa shape index (κ3) is 5.67. The number of hydrogen-bond donors (Lipinski definition) is 2. The zero-order chi connectivity index (χ0) is 24.2. The molecular formula is C27H37N5O3. The highest BCUT2D eigenvalue weighted by Crippen LogP contribution is 2.37. The van der Waals surface area contributed by atoms with Crippen LogP contribution in [0.5, 0.6) is 0 Å². The maximum Gasteiger partial charge on any atom is 0.241 e. The Labute approximate surface area is 207 Å². The molecule has 1 aliphatic heterocycles. The van der Waals surface area contributed by atoms with Crippen LogP contribution in [0.4, 0.5) is 5.95 Å². The molecule has 0 unspecified atom stereocenters. The average molecular weight is 480 g/mol. The molecule has 35 heavy (non-hydrogen) atoms. The Hall–Kier alpha value is -2.52. The summed E-state index contributed by atoms with van der Waals surface area (Å²) >= 11 is 0. The Balaban J connectivity index is 1.45. The minimum absolute atomic E-state index is 0.111. The second-order valence-electron chi connectivity index (χ2n) is 9.95. The third-order valence-electron chi connectivity index (χ3n) is 7.23. The molecule has 1 aromatic carbocycles. The largest absolute Gasteiger partial charge is 0.393 e. The molecule has 1 saturated carbocycles. The second-order valence-corrected chi connectivity index (χ2v) is 9.95. The van der Waals surface area contributed by atoms with E-state index in [1.54, 1.807) is 7.11 Å². The highest BCUT2D eigenvalue weighted by molar-refractivity contribution is 5.81. The number of anilines is 1. The van der Waals surface area contributed by atoms with Gasteiger partial charge in [-0.3, -0.25) is 4.90 Å². The summed E-state index contributed by atoms with van der Waals surface area (Å²) in [6.07, 6.45) is 5.36. The van der Waals surface area contributed by atoms with Gasteiger partial charge in [0.25, 0.3) is 0 Å². The van der Waals surface area contributed by atoms with Gasteiger partial charge in [-0.2, -0.15) is 0 Å². The zero-order valence-corrected chi connectivity index (χ0v) is 20.8. The summed E-state index contributed by atoms with van der Waals surface area (Å²) in [6, 6.07) is 11.3. The standard InChI is InChI=1S/C27H37N5O3/c1-19(18-34-2)29-27-28-16-26-24(15-25(32(26)30-27)22-7-9-23(33)10-8-22)21-5-3-20(4-6-21)17-31-11-13-35-14-12-31/h3-6,15-16,19,22-23,33H,7-14,17-18H2,1-2H3,(H,29,30)/t19-,22-,23-/m0/s1. The lowest BCUT2D eigenvalue weighted by molar-refractivity contribution is 0.0342. The predicted molar refractivity (Wildman–Crippen MR) is 137 cm³/mol. The van der Waals surface area contributed by atoms with Gasteiger partial charge in [-0.15, -0.1) is 5.10 Å². The number of aliphatic hydroxyl groups excluding tert-OH is 1. The zero-order valence-electron chi connectivity index (χ0n) is 20.8. The summed E-state index contributed by atoms with van der Waals surface area (Å²) in [6.45, 7) is 7.20. The number of hydrogen-bond acceptors (Lipinski definition) is 7. The van der Waals surface area contributed by atoms with Crippen LogP contribution < -0.4 is 5.32 Å². The molecule has 8 nitrogen and oxygen atoms in total. The molecule has 2 aromatic heterocycles. The molecule has 3 aromatic rings. The van der Waals surface area contributed by atoms with Crippen LogP contribution in [0.15, 0.2) is 36.5 Å². The predicted octanol–water partition coefficient (Wildman–Crippen LogP) is 3.69. The molecule has 1 saturated heterocycles. The van der Waals surface area contributed by atoms with Crippen molar-refractivity contribution in [3.63, 3.8) is 0 Å². The summed E-state index contributed by atoms with van der Waals surface area (Å²) in [7, 11) is 1.70. The Morgan fingerprint density at radius 1 is 1.14 bits per heavy atom. The van der Waals surface area contributed by atoms with E-state index in [2.05, 4.69) is 57.0 Å². The van der Waals surface area contributed by atoms with Crippen LogP contribution in [0, 0.1) is 0 Å². The van der Waals surface area contributed by atoms with Crippen molar-refractivity contribution < 1.29 is 14.6 Å². The fraction of sp³-hybridized carbons (Fsp3) is 0.556. The third-order valence-corrected chi connectivity index (χ3v) is 7.23. The van der Waals surface area contributed by atoms with Crippen LogP contribution in [0.2, 0.25) is 0 Å². The van der Waals surface area contributed by atoms with Gasteiger partial charge < -0.3 is 19.9 Å². The SMILES string of the molecule is COC[C@H](C)Nc1ncc2c(-c3ccc(CN4CCOCC4)cc3)cc([C@H]3CC[C@H](O)CC3)n2n1. The van der Waals surface area contributed by atoms with Gasteiger partial charge >= 0.3 is 0 Å². The summed E-state index contributed by atoms with van der Waals surface area (Å²) < 4.78 is 12.8. The number of nitrogens with one attached hydrogen (secondary N) is 1. The Morgan fingerprint density at radius 2 is 1.89 bits per heavy atom. The summed E-state index contributed by atoms with van der Waals surface area (Å²) in [4.78, 5) is 7.06. The average Bonchev–Trinajstić information content (AvgIpc) is 3.24. The Morgan fingerprint density at radius 3 is 2.60 bits per heavy atom. The monoisotopic (exact) mass is 479 g/mol. The van der Waals surface area contributed by atoms with Gasteiger partial charge in [0.05, 0.1) is 37.6 Å². The van der Waals surface area contributed by atoms with Gasteiger partial charge in [0, 0.05) is 50.0 Å². The van der Waals surface area contributed by atoms with Crippen LogP contribution in [0.3, 0.4) is 0 Å². The van der Waals surface area contributed by atoms with Gasteiger partial charge in [-0.25, -0.2) is 9.50 Å². The number of rotatable bonds is 8. The lowest BCUT2D eigenvalue weighted by atomic mass is 9.85. The van der Waals surface area contributed by atoms with Gasteiger partial charge in [-0.1, -0.05) is 24.3 Å². The molecule has 2 fully saturated rings. The number of ether oxygens (including phenoxy) is 2. The first-order chi connectivity index (χ1) is 17.1. The van der Waals surface area contributed by atoms with Crippen molar-refractivity contribution in [2.24, 2.45) is 0 Å². The Kier molecular flexibility index (Phi) is 7.63. The Bertz CT molecular complexity index is 1100. The summed E-state index contributed by atoms with van der Waals surface area (Å²) in [5.74, 6) is 0.974. The lowest BCUT2D eigenvalue weighted by Crippen LogP contribution is -2.35. The highest BCUT2D eigenvalue weighted by Gasteiger charge is 2.25. The van der Waals surface area contributed by atoms with Gasteiger partial charge in [0.2, 0.25) is 5.95 Å². The smallest absolute Gasteiger partial charge is 0.241 e. The van der Waals surface area contributed by atoms with Crippen LogP contribution in [-0.4, -0.2) is 76.8 Å². The molecule has 5 rings (SSSR count). The van der Waals surface area contributed by atoms with Crippen molar-refractivity contribution in [3.8, 4) is 11.1 Å². The van der Waals surface area contributed by atoms with Crippen molar-refractivity contribution in [2.45, 2.75) is 57.2 Å². The summed E-state index contributed by atoms with van der Waals surface area (Å²) in [5, 5.41) is 18.3. The lowest BCUT2D eigenvalue weighted by Gasteiger charge is -2.26. The molecule has 8 heteroatoms. The molecule has 2 N–H and O–H groups in total. The van der Waals surface area contributed by atoms with Crippen molar-refractivity contribution in [2.75, 3.05) is 45.3 Å². The number of methoxy groups -OCH3 is 1. The molecule has 0 bridgehead atoms. The minimum Gasteiger partial charge on any atom is -0.393 e. The van der Waals surface area contributed by atoms with Gasteiger partial charge in [-0.05, 0) is 49.8 Å². The highest BCUT2D eigenvalue weighted by atomic mass is 16.5. The first-order valence-corrected chi connectivity index (χ1v) is 12.8. The topological polar surface area (TPSA) is 84.2 Å². The maximum absolute atomic E-state index is 10.0. The molecule has 188 valence electrons. The van der Waals surface area contributed by atoms with E-state index in [0.29, 0.717) is 18.5 Å². The van der Waals surface area contributed by atoms with Crippen LogP contribution in [-0.2, 0) is 16.0 Å². The summed E-state index contributed by atoms with van der Waals surface area (Å²) in [5.41, 5.74) is 5.85. The number of fused-ring (bicyclic) bond motifs is 1. The van der Waals surface area contributed by atoms with Crippen LogP contribution in [0.1, 0.15) is 49.8 Å².